The summed E-state index contributed by atoms with van der Waals surface area (Å²) in [5.74, 6) is -2.87. The summed E-state index contributed by atoms with van der Waals surface area (Å²) in [6.45, 7) is 4.24. The maximum Gasteiger partial charge on any atom is 0.296 e. The predicted octanol–water partition coefficient (Wildman–Crippen LogP) is 4.52. The maximum atomic E-state index is 13.0. The molecule has 2 amide bonds. The zero-order valence-electron chi connectivity index (χ0n) is 28.5. The number of aliphatic hydroxyl groups is 1. The number of aliphatic hydroxyl groups excluding tert-OH is 1. The molecule has 1 aliphatic rings. The third kappa shape index (κ3) is 7.99. The van der Waals surface area contributed by atoms with E-state index in [1.54, 1.807) is 43.3 Å². The van der Waals surface area contributed by atoms with E-state index in [4.69, 9.17) is 17.0 Å². The number of fused-ring (bicyclic) bond motifs is 1. The summed E-state index contributed by atoms with van der Waals surface area (Å²) in [6.07, 6.45) is 0. The third-order valence-electron chi connectivity index (χ3n) is 7.94. The van der Waals surface area contributed by atoms with Crippen LogP contribution in [0.2, 0.25) is 5.28 Å². The van der Waals surface area contributed by atoms with Crippen LogP contribution >= 0.6 is 22.9 Å². The molecule has 3 aromatic carbocycles. The molecule has 0 fully saturated rings. The summed E-state index contributed by atoms with van der Waals surface area (Å²) in [4.78, 5) is 45.5. The molecule has 0 bridgehead atoms. The molecule has 284 valence electrons. The number of imide groups is 1. The fourth-order valence-electron chi connectivity index (χ4n) is 5.44. The van der Waals surface area contributed by atoms with Crippen molar-refractivity contribution in [2.24, 2.45) is 10.1 Å². The van der Waals surface area contributed by atoms with Crippen LogP contribution in [-0.2, 0) is 29.8 Å². The number of benzene rings is 3. The van der Waals surface area contributed by atoms with Crippen molar-refractivity contribution < 1.29 is 40.6 Å². The molecule has 0 atom stereocenters. The molecule has 3 heterocycles. The van der Waals surface area contributed by atoms with Gasteiger partial charge >= 0.3 is 0 Å². The van der Waals surface area contributed by atoms with Crippen LogP contribution in [0.3, 0.4) is 0 Å². The van der Waals surface area contributed by atoms with E-state index in [-0.39, 0.29) is 45.2 Å². The second kappa shape index (κ2) is 14.7. The molecule has 1 aliphatic heterocycles. The zero-order chi connectivity index (χ0) is 40.0. The number of halogens is 1. The third-order valence-corrected chi connectivity index (χ3v) is 11.3. The second-order valence-corrected chi connectivity index (χ2v) is 15.7. The number of nitrogens with one attached hydrogen (secondary N) is 4. The molecule has 0 radical (unpaired) electrons. The Labute approximate surface area is 320 Å². The van der Waals surface area contributed by atoms with Gasteiger partial charge in [0.1, 0.15) is 20.4 Å². The molecule has 2 aromatic heterocycles. The molecular formula is C32H27ClN10O9S3. The van der Waals surface area contributed by atoms with Gasteiger partial charge in [-0.15, -0.1) is 11.3 Å². The first kappa shape index (κ1) is 38.8. The molecule has 5 aromatic rings. The number of amides is 2. The minimum Gasteiger partial charge on any atom is -0.493 e. The highest BCUT2D eigenvalue weighted by Gasteiger charge is 2.38. The fraction of sp³-hybridized carbons (Fsp3) is 0.125. The van der Waals surface area contributed by atoms with Gasteiger partial charge in [0.15, 0.2) is 5.71 Å². The Morgan fingerprint density at radius 2 is 1.69 bits per heavy atom. The van der Waals surface area contributed by atoms with Crippen molar-refractivity contribution in [2.75, 3.05) is 17.3 Å². The number of likely N-dealkylation sites (N-methyl/N-ethyl adjacent to an activating group) is 1. The summed E-state index contributed by atoms with van der Waals surface area (Å²) < 4.78 is 68.4. The Balaban J connectivity index is 1.29. The molecule has 19 nitrogen and oxygen atoms in total. The lowest BCUT2D eigenvalue weighted by Crippen LogP contribution is -2.48. The van der Waals surface area contributed by atoms with Crippen molar-refractivity contribution in [2.45, 2.75) is 30.6 Å². The number of rotatable bonds is 10. The quantitative estimate of drug-likeness (QED) is 0.0335. The van der Waals surface area contributed by atoms with E-state index in [1.807, 2.05) is 0 Å². The molecule has 0 aliphatic carbocycles. The van der Waals surface area contributed by atoms with Crippen molar-refractivity contribution in [3.8, 4) is 10.6 Å². The zero-order valence-corrected chi connectivity index (χ0v) is 31.7. The van der Waals surface area contributed by atoms with Gasteiger partial charge in [-0.1, -0.05) is 6.07 Å². The average molecular weight is 827 g/mol. The molecule has 6 rings (SSSR count). The van der Waals surface area contributed by atoms with Crippen LogP contribution in [0, 0.1) is 12.3 Å². The van der Waals surface area contributed by atoms with Gasteiger partial charge < -0.3 is 10.4 Å². The van der Waals surface area contributed by atoms with Crippen molar-refractivity contribution in [1.82, 2.24) is 24.8 Å². The van der Waals surface area contributed by atoms with Gasteiger partial charge in [-0.2, -0.15) is 31.9 Å². The molecule has 23 heteroatoms. The molecule has 0 saturated carbocycles. The van der Waals surface area contributed by atoms with Crippen LogP contribution in [0.25, 0.3) is 20.8 Å². The van der Waals surface area contributed by atoms with Crippen molar-refractivity contribution >= 4 is 99.8 Å². The maximum absolute atomic E-state index is 13.0. The number of aryl methyl sites for hydroxylation is 1. The number of hydrogen-bond acceptors (Lipinski definition) is 15. The first-order valence-electron chi connectivity index (χ1n) is 15.6. The fourth-order valence-corrected chi connectivity index (χ4v) is 8.55. The number of carbonyl (C=O) groups is 2. The lowest BCUT2D eigenvalue weighted by Gasteiger charge is -2.26. The van der Waals surface area contributed by atoms with Crippen LogP contribution in [0.1, 0.15) is 19.4 Å². The Hall–Kier alpha value is -5.91. The van der Waals surface area contributed by atoms with Gasteiger partial charge in [0, 0.05) is 23.4 Å². The largest absolute Gasteiger partial charge is 0.493 e. The van der Waals surface area contributed by atoms with Gasteiger partial charge in [-0.3, -0.25) is 39.4 Å². The van der Waals surface area contributed by atoms with Gasteiger partial charge in [0.2, 0.25) is 22.7 Å². The van der Waals surface area contributed by atoms with E-state index in [1.165, 1.54) is 19.9 Å². The number of aromatic nitrogens is 4. The van der Waals surface area contributed by atoms with Crippen molar-refractivity contribution in [1.29, 1.82) is 5.41 Å². The SMILES string of the molecule is CCN1C(=O)C(C(=N)O)=C(C)/C(=N\Nc2cc(N=c3nc(Nc4ccc(-c5nc6ccc(C)c(S(=O)(=O)O)c6s5)cc4)nc(Cl)[nH]3)ccc2S(=O)(=O)O)C1=O. The van der Waals surface area contributed by atoms with Gasteiger partial charge in [-0.05, 0) is 86.5 Å². The lowest BCUT2D eigenvalue weighted by molar-refractivity contribution is -0.138. The first-order chi connectivity index (χ1) is 25.8. The van der Waals surface area contributed by atoms with Gasteiger partial charge in [-0.25, -0.2) is 9.98 Å². The number of aromatic amines is 1. The van der Waals surface area contributed by atoms with Crippen LogP contribution in [-0.4, -0.2) is 85.9 Å². The standard InChI is InChI=1S/C32H27ClN10O9S3/c1-4-43-28(45)22(26(34)44)15(3)23(29(43)46)42-41-20-13-18(10-12-21(20)54(47,48)49)36-32-39-30(33)38-31(40-32)35-17-8-6-16(7-9-17)27-37-19-11-5-14(2)25(24(19)53-27)55(50,51)52/h5-13,41H,4H2,1-3H3,(H2,34,44)(H,47,48,49)(H,50,51,52)(H2,35,36,38,39,40)/b42-23+. The van der Waals surface area contributed by atoms with Crippen LogP contribution in [0.15, 0.2) is 85.6 Å². The van der Waals surface area contributed by atoms with Crippen LogP contribution in [0.5, 0.6) is 0 Å². The van der Waals surface area contributed by atoms with E-state index in [0.717, 1.165) is 28.4 Å². The Kier molecular flexibility index (Phi) is 10.4. The van der Waals surface area contributed by atoms with Crippen LogP contribution < -0.4 is 16.4 Å². The number of hydrogen-bond donors (Lipinski definition) is 7. The molecule has 55 heavy (non-hydrogen) atoms. The van der Waals surface area contributed by atoms with Crippen LogP contribution in [0.4, 0.5) is 23.0 Å². The molecular weight excluding hydrogens is 800 g/mol. The Morgan fingerprint density at radius 1 is 0.982 bits per heavy atom. The average Bonchev–Trinajstić information content (AvgIpc) is 3.51. The van der Waals surface area contributed by atoms with E-state index in [0.29, 0.717) is 32.0 Å². The smallest absolute Gasteiger partial charge is 0.296 e. The number of nitrogens with zero attached hydrogens (tertiary/aromatic N) is 6. The molecule has 7 N–H and O–H groups in total. The molecule has 0 spiro atoms. The Bertz CT molecular complexity index is 2820. The second-order valence-electron chi connectivity index (χ2n) is 11.6. The monoisotopic (exact) mass is 826 g/mol. The number of carbonyl (C=O) groups excluding carboxylic acids is 2. The van der Waals surface area contributed by atoms with Crippen molar-refractivity contribution in [3.05, 3.63) is 82.2 Å². The first-order valence-corrected chi connectivity index (χ1v) is 19.7. The highest BCUT2D eigenvalue weighted by atomic mass is 35.5. The number of anilines is 3. The number of hydrazone groups is 1. The lowest BCUT2D eigenvalue weighted by atomic mass is 9.98. The summed E-state index contributed by atoms with van der Waals surface area (Å²) in [6, 6.07) is 13.5. The van der Waals surface area contributed by atoms with E-state index in [2.05, 4.69) is 40.8 Å². The highest BCUT2D eigenvalue weighted by molar-refractivity contribution is 7.86. The minimum atomic E-state index is -4.85. The van der Waals surface area contributed by atoms with Gasteiger partial charge in [0.05, 0.1) is 21.6 Å². The Morgan fingerprint density at radius 3 is 2.33 bits per heavy atom. The van der Waals surface area contributed by atoms with E-state index >= 15 is 0 Å². The topological polar surface area (TPSA) is 293 Å². The van der Waals surface area contributed by atoms with Gasteiger partial charge in [0.25, 0.3) is 32.1 Å². The minimum absolute atomic E-state index is 0.00108. The normalized spacial score (nSPS) is 15.0. The predicted molar refractivity (Wildman–Crippen MR) is 202 cm³/mol. The molecule has 0 saturated heterocycles. The van der Waals surface area contributed by atoms with E-state index < -0.39 is 54.1 Å². The summed E-state index contributed by atoms with van der Waals surface area (Å²) in [5.41, 5.74) is 2.99. The van der Waals surface area contributed by atoms with Crippen molar-refractivity contribution in [3.63, 3.8) is 0 Å². The van der Waals surface area contributed by atoms with E-state index in [9.17, 15) is 40.6 Å². The number of H-pyrrole nitrogens is 1. The summed E-state index contributed by atoms with van der Waals surface area (Å²) >= 11 is 7.33. The highest BCUT2D eigenvalue weighted by Crippen LogP contribution is 2.36. The summed E-state index contributed by atoms with van der Waals surface area (Å²) in [7, 11) is -9.33. The number of thiazole rings is 1. The molecule has 0 unspecified atom stereocenters. The summed E-state index contributed by atoms with van der Waals surface area (Å²) in [5, 5.41) is 24.7.